The quantitative estimate of drug-likeness (QED) is 0.838. The van der Waals surface area contributed by atoms with Gasteiger partial charge in [0.05, 0.1) is 0 Å². The SMILES string of the molecule is Cc1cc(N2CCC(NC(=O)CC3CCCC3)CC2)n2nc(C(F)(F)F)nc2n1. The van der Waals surface area contributed by atoms with Crippen molar-refractivity contribution in [1.82, 2.24) is 24.9 Å². The molecule has 0 aromatic carbocycles. The van der Waals surface area contributed by atoms with Crippen LogP contribution in [0.25, 0.3) is 5.78 Å². The Morgan fingerprint density at radius 1 is 1.17 bits per heavy atom. The van der Waals surface area contributed by atoms with Crippen LogP contribution in [0.15, 0.2) is 6.07 Å². The fraction of sp³-hybridized carbons (Fsp3) is 0.684. The molecule has 0 unspecified atom stereocenters. The first kappa shape index (κ1) is 19.9. The van der Waals surface area contributed by atoms with E-state index in [1.807, 2.05) is 4.90 Å². The summed E-state index contributed by atoms with van der Waals surface area (Å²) in [5, 5.41) is 6.76. The highest BCUT2D eigenvalue weighted by atomic mass is 19.4. The van der Waals surface area contributed by atoms with Crippen LogP contribution in [0, 0.1) is 12.8 Å². The van der Waals surface area contributed by atoms with Crippen LogP contribution in [0.2, 0.25) is 0 Å². The highest BCUT2D eigenvalue weighted by Gasteiger charge is 2.37. The Morgan fingerprint density at radius 2 is 1.86 bits per heavy atom. The average Bonchev–Trinajstić information content (AvgIpc) is 3.30. The zero-order valence-electron chi connectivity index (χ0n) is 16.4. The minimum Gasteiger partial charge on any atom is -0.356 e. The number of piperidine rings is 1. The molecule has 10 heteroatoms. The number of nitrogens with one attached hydrogen (secondary N) is 1. The van der Waals surface area contributed by atoms with Crippen LogP contribution < -0.4 is 10.2 Å². The van der Waals surface area contributed by atoms with E-state index in [2.05, 4.69) is 20.4 Å². The number of amides is 1. The van der Waals surface area contributed by atoms with Crippen molar-refractivity contribution in [1.29, 1.82) is 0 Å². The van der Waals surface area contributed by atoms with E-state index in [0.717, 1.165) is 30.2 Å². The molecular weight excluding hydrogens is 385 g/mol. The summed E-state index contributed by atoms with van der Waals surface area (Å²) in [6.45, 7) is 2.96. The predicted octanol–water partition coefficient (Wildman–Crippen LogP) is 3.12. The van der Waals surface area contributed by atoms with E-state index in [-0.39, 0.29) is 17.7 Å². The fourth-order valence-electron chi connectivity index (χ4n) is 4.33. The molecule has 0 radical (unpaired) electrons. The number of nitrogens with zero attached hydrogens (tertiary/aromatic N) is 5. The molecule has 2 aromatic heterocycles. The van der Waals surface area contributed by atoms with E-state index >= 15 is 0 Å². The average molecular weight is 410 g/mol. The van der Waals surface area contributed by atoms with Gasteiger partial charge in [0.2, 0.25) is 5.91 Å². The molecule has 1 aliphatic heterocycles. The summed E-state index contributed by atoms with van der Waals surface area (Å²) >= 11 is 0. The summed E-state index contributed by atoms with van der Waals surface area (Å²) in [6.07, 6.45) is 2.17. The van der Waals surface area contributed by atoms with E-state index in [1.54, 1.807) is 13.0 Å². The van der Waals surface area contributed by atoms with E-state index in [4.69, 9.17) is 0 Å². The molecule has 1 amide bonds. The molecule has 2 aliphatic rings. The number of aromatic nitrogens is 4. The van der Waals surface area contributed by atoms with Crippen LogP contribution in [0.1, 0.15) is 56.5 Å². The van der Waals surface area contributed by atoms with Crippen LogP contribution in [0.3, 0.4) is 0 Å². The highest BCUT2D eigenvalue weighted by molar-refractivity contribution is 5.76. The van der Waals surface area contributed by atoms with Gasteiger partial charge in [-0.2, -0.15) is 22.7 Å². The highest BCUT2D eigenvalue weighted by Crippen LogP contribution is 2.29. The van der Waals surface area contributed by atoms with Crippen LogP contribution in [-0.2, 0) is 11.0 Å². The maximum absolute atomic E-state index is 13.0. The summed E-state index contributed by atoms with van der Waals surface area (Å²) < 4.78 is 40.2. The second kappa shape index (κ2) is 7.79. The third-order valence-electron chi connectivity index (χ3n) is 5.81. The lowest BCUT2D eigenvalue weighted by molar-refractivity contribution is -0.144. The number of hydrogen-bond acceptors (Lipinski definition) is 5. The fourth-order valence-corrected chi connectivity index (χ4v) is 4.33. The van der Waals surface area contributed by atoms with Gasteiger partial charge in [0, 0.05) is 37.3 Å². The number of alkyl halides is 3. The molecule has 0 bridgehead atoms. The van der Waals surface area contributed by atoms with Crippen LogP contribution >= 0.6 is 0 Å². The van der Waals surface area contributed by atoms with Crippen molar-refractivity contribution in [3.05, 3.63) is 17.6 Å². The van der Waals surface area contributed by atoms with Gasteiger partial charge in [0.15, 0.2) is 0 Å². The van der Waals surface area contributed by atoms with Crippen molar-refractivity contribution in [2.45, 2.75) is 64.1 Å². The Hall–Kier alpha value is -2.39. The molecule has 29 heavy (non-hydrogen) atoms. The van der Waals surface area contributed by atoms with Crippen molar-refractivity contribution in [2.75, 3.05) is 18.0 Å². The first-order valence-corrected chi connectivity index (χ1v) is 10.2. The van der Waals surface area contributed by atoms with Gasteiger partial charge < -0.3 is 10.2 Å². The molecule has 4 rings (SSSR count). The van der Waals surface area contributed by atoms with E-state index in [9.17, 15) is 18.0 Å². The van der Waals surface area contributed by atoms with E-state index < -0.39 is 12.0 Å². The lowest BCUT2D eigenvalue weighted by Crippen LogP contribution is -2.45. The van der Waals surface area contributed by atoms with E-state index in [0.29, 0.717) is 36.9 Å². The van der Waals surface area contributed by atoms with Gasteiger partial charge in [-0.05, 0) is 38.5 Å². The molecule has 1 aliphatic carbocycles. The first-order chi connectivity index (χ1) is 13.8. The Kier molecular flexibility index (Phi) is 5.35. The maximum atomic E-state index is 13.0. The van der Waals surface area contributed by atoms with Gasteiger partial charge in [-0.15, -0.1) is 5.10 Å². The molecule has 3 heterocycles. The number of aryl methyl sites for hydroxylation is 1. The Balaban J connectivity index is 1.42. The zero-order chi connectivity index (χ0) is 20.6. The van der Waals surface area contributed by atoms with Crippen molar-refractivity contribution in [3.8, 4) is 0 Å². The number of halogens is 3. The Morgan fingerprint density at radius 3 is 2.52 bits per heavy atom. The molecule has 1 saturated carbocycles. The normalized spacial score (nSPS) is 19.2. The minimum absolute atomic E-state index is 0.0562. The first-order valence-electron chi connectivity index (χ1n) is 10.2. The van der Waals surface area contributed by atoms with Gasteiger partial charge in [0.25, 0.3) is 11.6 Å². The number of carbonyl (C=O) groups excluding carboxylic acids is 1. The van der Waals surface area contributed by atoms with Crippen LogP contribution in [0.5, 0.6) is 0 Å². The van der Waals surface area contributed by atoms with Crippen molar-refractivity contribution < 1.29 is 18.0 Å². The second-order valence-electron chi connectivity index (χ2n) is 8.08. The molecule has 0 spiro atoms. The largest absolute Gasteiger partial charge is 0.453 e. The Labute approximate surface area is 166 Å². The number of hydrogen-bond donors (Lipinski definition) is 1. The smallest absolute Gasteiger partial charge is 0.356 e. The van der Waals surface area contributed by atoms with Crippen molar-refractivity contribution >= 4 is 17.5 Å². The van der Waals surface area contributed by atoms with Crippen molar-refractivity contribution in [2.24, 2.45) is 5.92 Å². The molecule has 2 aromatic rings. The van der Waals surface area contributed by atoms with Gasteiger partial charge >= 0.3 is 6.18 Å². The summed E-state index contributed by atoms with van der Waals surface area (Å²) in [5.41, 5.74) is 0.584. The lowest BCUT2D eigenvalue weighted by atomic mass is 10.0. The topological polar surface area (TPSA) is 75.4 Å². The van der Waals surface area contributed by atoms with Crippen LogP contribution in [0.4, 0.5) is 19.0 Å². The maximum Gasteiger partial charge on any atom is 0.453 e. The number of fused-ring (bicyclic) bond motifs is 1. The van der Waals surface area contributed by atoms with Crippen LogP contribution in [-0.4, -0.2) is 44.6 Å². The molecule has 1 saturated heterocycles. The lowest BCUT2D eigenvalue weighted by Gasteiger charge is -2.34. The Bertz CT molecular complexity index is 882. The predicted molar refractivity (Wildman–Crippen MR) is 100 cm³/mol. The van der Waals surface area contributed by atoms with Gasteiger partial charge in [0.1, 0.15) is 5.82 Å². The summed E-state index contributed by atoms with van der Waals surface area (Å²) in [4.78, 5) is 21.9. The third kappa shape index (κ3) is 4.45. The molecule has 1 N–H and O–H groups in total. The van der Waals surface area contributed by atoms with Gasteiger partial charge in [-0.3, -0.25) is 4.79 Å². The minimum atomic E-state index is -4.62. The number of rotatable bonds is 4. The van der Waals surface area contributed by atoms with E-state index in [1.165, 1.54) is 12.8 Å². The zero-order valence-corrected chi connectivity index (χ0v) is 16.4. The monoisotopic (exact) mass is 410 g/mol. The van der Waals surface area contributed by atoms with Gasteiger partial charge in [-0.1, -0.05) is 12.8 Å². The molecular formula is C19H25F3N6O. The number of carbonyl (C=O) groups is 1. The molecule has 0 atom stereocenters. The van der Waals surface area contributed by atoms with Crippen molar-refractivity contribution in [3.63, 3.8) is 0 Å². The summed E-state index contributed by atoms with van der Waals surface area (Å²) in [5.74, 6) is -0.0710. The number of anilines is 1. The second-order valence-corrected chi connectivity index (χ2v) is 8.08. The summed E-state index contributed by atoms with van der Waals surface area (Å²) in [6, 6.07) is 1.82. The molecule has 2 fully saturated rings. The molecule has 158 valence electrons. The summed E-state index contributed by atoms with van der Waals surface area (Å²) in [7, 11) is 0. The molecule has 7 nitrogen and oxygen atoms in total. The standard InChI is InChI=1S/C19H25F3N6O/c1-12-10-16(28-18(23-12)25-17(26-28)19(20,21)22)27-8-6-14(7-9-27)24-15(29)11-13-4-2-3-5-13/h10,13-14H,2-9,11H2,1H3,(H,24,29). The van der Waals surface area contributed by atoms with Gasteiger partial charge in [-0.25, -0.2) is 4.98 Å². The third-order valence-corrected chi connectivity index (χ3v) is 5.81.